The summed E-state index contributed by atoms with van der Waals surface area (Å²) in [6, 6.07) is 8.57. The molecule has 1 unspecified atom stereocenters. The lowest BCUT2D eigenvalue weighted by molar-refractivity contribution is 0.408. The van der Waals surface area contributed by atoms with Crippen molar-refractivity contribution in [2.45, 2.75) is 25.2 Å². The molecule has 2 heteroatoms. The van der Waals surface area contributed by atoms with Gasteiger partial charge in [0, 0.05) is 12.2 Å². The molecular formula is C12H18N2. The smallest absolute Gasteiger partial charge is 0.0378 e. The molecule has 2 rings (SSSR count). The first-order chi connectivity index (χ1) is 6.76. The van der Waals surface area contributed by atoms with Gasteiger partial charge in [-0.2, -0.15) is 0 Å². The molecule has 1 aliphatic rings. The van der Waals surface area contributed by atoms with Crippen LogP contribution in [-0.4, -0.2) is 13.1 Å². The highest BCUT2D eigenvalue weighted by molar-refractivity contribution is 5.56. The Morgan fingerprint density at radius 3 is 3.00 bits per heavy atom. The predicted octanol–water partition coefficient (Wildman–Crippen LogP) is 2.11. The van der Waals surface area contributed by atoms with Crippen LogP contribution >= 0.6 is 0 Å². The van der Waals surface area contributed by atoms with Crippen LogP contribution in [0, 0.1) is 0 Å². The second-order valence-electron chi connectivity index (χ2n) is 4.32. The minimum absolute atomic E-state index is 0.274. The molecule has 1 aromatic carbocycles. The predicted molar refractivity (Wildman–Crippen MR) is 60.6 cm³/mol. The zero-order valence-corrected chi connectivity index (χ0v) is 8.72. The Labute approximate surface area is 85.5 Å². The molecule has 0 amide bonds. The Hall–Kier alpha value is -1.02. The minimum atomic E-state index is 0.274. The summed E-state index contributed by atoms with van der Waals surface area (Å²) in [5.41, 5.74) is 8.67. The summed E-state index contributed by atoms with van der Waals surface area (Å²) in [5.74, 6) is 0. The van der Waals surface area contributed by atoms with Gasteiger partial charge < -0.3 is 11.1 Å². The van der Waals surface area contributed by atoms with Gasteiger partial charge in [-0.15, -0.1) is 0 Å². The lowest BCUT2D eigenvalue weighted by Crippen LogP contribution is -2.33. The molecule has 0 bridgehead atoms. The number of hydrogen-bond donors (Lipinski definition) is 2. The number of nitrogens with two attached hydrogens (primary N) is 1. The van der Waals surface area contributed by atoms with E-state index in [0.29, 0.717) is 0 Å². The maximum atomic E-state index is 5.68. The largest absolute Gasteiger partial charge is 0.385 e. The molecule has 0 aromatic heterocycles. The maximum Gasteiger partial charge on any atom is 0.0378 e. The highest BCUT2D eigenvalue weighted by atomic mass is 14.9. The van der Waals surface area contributed by atoms with Crippen molar-refractivity contribution in [2.75, 3.05) is 18.4 Å². The van der Waals surface area contributed by atoms with E-state index in [-0.39, 0.29) is 5.41 Å². The van der Waals surface area contributed by atoms with Gasteiger partial charge in [0.05, 0.1) is 0 Å². The topological polar surface area (TPSA) is 38.0 Å². The van der Waals surface area contributed by atoms with Crippen LogP contribution in [0.1, 0.15) is 25.3 Å². The lowest BCUT2D eigenvalue weighted by atomic mass is 9.74. The molecule has 0 saturated carbocycles. The average molecular weight is 190 g/mol. The zero-order chi connectivity index (χ0) is 10.0. The van der Waals surface area contributed by atoms with Crippen molar-refractivity contribution in [2.24, 2.45) is 5.73 Å². The molecule has 1 aliphatic heterocycles. The Morgan fingerprint density at radius 2 is 2.21 bits per heavy atom. The van der Waals surface area contributed by atoms with Gasteiger partial charge in [-0.05, 0) is 36.4 Å². The normalized spacial score (nSPS) is 25.3. The molecule has 3 N–H and O–H groups in total. The quantitative estimate of drug-likeness (QED) is 0.749. The van der Waals surface area contributed by atoms with Crippen molar-refractivity contribution in [1.29, 1.82) is 0 Å². The Bertz CT molecular complexity index is 322. The molecule has 0 saturated heterocycles. The van der Waals surface area contributed by atoms with Gasteiger partial charge in [0.25, 0.3) is 0 Å². The third kappa shape index (κ3) is 1.50. The summed E-state index contributed by atoms with van der Waals surface area (Å²) in [7, 11) is 0. The molecule has 0 aliphatic carbocycles. The Kier molecular flexibility index (Phi) is 2.46. The lowest BCUT2D eigenvalue weighted by Gasteiger charge is -2.36. The van der Waals surface area contributed by atoms with E-state index in [9.17, 15) is 0 Å². The van der Waals surface area contributed by atoms with Crippen LogP contribution in [0.3, 0.4) is 0 Å². The second-order valence-corrected chi connectivity index (χ2v) is 4.32. The Morgan fingerprint density at radius 1 is 1.43 bits per heavy atom. The molecule has 1 aromatic rings. The number of anilines is 1. The van der Waals surface area contributed by atoms with E-state index in [1.165, 1.54) is 17.7 Å². The third-order valence-corrected chi connectivity index (χ3v) is 3.27. The summed E-state index contributed by atoms with van der Waals surface area (Å²) in [6.07, 6.45) is 2.26. The van der Waals surface area contributed by atoms with Crippen molar-refractivity contribution in [1.82, 2.24) is 0 Å². The molecule has 0 spiro atoms. The first-order valence-electron chi connectivity index (χ1n) is 5.30. The zero-order valence-electron chi connectivity index (χ0n) is 8.72. The van der Waals surface area contributed by atoms with E-state index in [2.05, 4.69) is 36.5 Å². The number of fused-ring (bicyclic) bond motifs is 1. The number of para-hydroxylation sites is 1. The van der Waals surface area contributed by atoms with E-state index in [1.54, 1.807) is 0 Å². The summed E-state index contributed by atoms with van der Waals surface area (Å²) in [5, 5.41) is 3.44. The first-order valence-corrected chi connectivity index (χ1v) is 5.30. The van der Waals surface area contributed by atoms with E-state index in [0.717, 1.165) is 19.5 Å². The van der Waals surface area contributed by atoms with Crippen molar-refractivity contribution < 1.29 is 0 Å². The van der Waals surface area contributed by atoms with Crippen LogP contribution in [0.25, 0.3) is 0 Å². The van der Waals surface area contributed by atoms with Crippen LogP contribution in [-0.2, 0) is 5.41 Å². The van der Waals surface area contributed by atoms with Crippen molar-refractivity contribution in [3.63, 3.8) is 0 Å². The molecule has 0 fully saturated rings. The van der Waals surface area contributed by atoms with Gasteiger partial charge in [0.1, 0.15) is 0 Å². The van der Waals surface area contributed by atoms with Gasteiger partial charge in [-0.25, -0.2) is 0 Å². The van der Waals surface area contributed by atoms with Gasteiger partial charge >= 0.3 is 0 Å². The fourth-order valence-electron chi connectivity index (χ4n) is 2.35. The maximum absolute atomic E-state index is 5.68. The standard InChI is InChI=1S/C12H18N2/c1-12(6-8-13)7-9-14-11-5-3-2-4-10(11)12/h2-5,14H,6-9,13H2,1H3. The molecule has 14 heavy (non-hydrogen) atoms. The first kappa shape index (κ1) is 9.53. The second kappa shape index (κ2) is 3.62. The van der Waals surface area contributed by atoms with Gasteiger partial charge in [0.2, 0.25) is 0 Å². The van der Waals surface area contributed by atoms with E-state index < -0.39 is 0 Å². The van der Waals surface area contributed by atoms with E-state index in [4.69, 9.17) is 5.73 Å². The summed E-state index contributed by atoms with van der Waals surface area (Å²) >= 11 is 0. The summed E-state index contributed by atoms with van der Waals surface area (Å²) in [6.45, 7) is 4.15. The van der Waals surface area contributed by atoms with Gasteiger partial charge in [-0.1, -0.05) is 25.1 Å². The molecular weight excluding hydrogens is 172 g/mol. The number of rotatable bonds is 2. The van der Waals surface area contributed by atoms with E-state index in [1.807, 2.05) is 0 Å². The Balaban J connectivity index is 2.39. The summed E-state index contributed by atoms with van der Waals surface area (Å²) in [4.78, 5) is 0. The fourth-order valence-corrected chi connectivity index (χ4v) is 2.35. The molecule has 1 atom stereocenters. The van der Waals surface area contributed by atoms with Crippen LogP contribution < -0.4 is 11.1 Å². The molecule has 76 valence electrons. The molecule has 1 heterocycles. The van der Waals surface area contributed by atoms with Crippen LogP contribution in [0.5, 0.6) is 0 Å². The van der Waals surface area contributed by atoms with Crippen molar-refractivity contribution >= 4 is 5.69 Å². The average Bonchev–Trinajstić information content (AvgIpc) is 2.19. The third-order valence-electron chi connectivity index (χ3n) is 3.27. The fraction of sp³-hybridized carbons (Fsp3) is 0.500. The molecule has 2 nitrogen and oxygen atoms in total. The minimum Gasteiger partial charge on any atom is -0.385 e. The number of nitrogens with one attached hydrogen (secondary N) is 1. The van der Waals surface area contributed by atoms with Crippen LogP contribution in [0.15, 0.2) is 24.3 Å². The van der Waals surface area contributed by atoms with Crippen molar-refractivity contribution in [3.05, 3.63) is 29.8 Å². The SMILES string of the molecule is CC1(CCN)CCNc2ccccc21. The van der Waals surface area contributed by atoms with Gasteiger partial charge in [0.15, 0.2) is 0 Å². The molecule has 0 radical (unpaired) electrons. The highest BCUT2D eigenvalue weighted by Crippen LogP contribution is 2.38. The number of benzene rings is 1. The van der Waals surface area contributed by atoms with Crippen molar-refractivity contribution in [3.8, 4) is 0 Å². The monoisotopic (exact) mass is 190 g/mol. The number of hydrogen-bond acceptors (Lipinski definition) is 2. The van der Waals surface area contributed by atoms with Crippen LogP contribution in [0.2, 0.25) is 0 Å². The van der Waals surface area contributed by atoms with Gasteiger partial charge in [-0.3, -0.25) is 0 Å². The van der Waals surface area contributed by atoms with E-state index >= 15 is 0 Å². The highest BCUT2D eigenvalue weighted by Gasteiger charge is 2.30. The summed E-state index contributed by atoms with van der Waals surface area (Å²) < 4.78 is 0. The van der Waals surface area contributed by atoms with Crippen LogP contribution in [0.4, 0.5) is 5.69 Å².